The average molecular weight is 460 g/mol. The van der Waals surface area contributed by atoms with Crippen molar-refractivity contribution in [2.45, 2.75) is 6.92 Å². The number of nitrogens with one attached hydrogen (secondary N) is 1. The Bertz CT molecular complexity index is 1430. The number of halogens is 1. The number of benzene rings is 2. The maximum atomic E-state index is 12.5. The van der Waals surface area contributed by atoms with Crippen LogP contribution in [0, 0.1) is 6.92 Å². The smallest absolute Gasteiger partial charge is 0.263 e. The first-order valence-electron chi connectivity index (χ1n) is 10.1. The van der Waals surface area contributed by atoms with E-state index in [-0.39, 0.29) is 12.5 Å². The third-order valence-corrected chi connectivity index (χ3v) is 5.08. The summed E-state index contributed by atoms with van der Waals surface area (Å²) in [7, 11) is 0. The number of nitrogens with zero attached hydrogens (tertiary/aromatic N) is 6. The first-order valence-corrected chi connectivity index (χ1v) is 10.5. The zero-order valence-corrected chi connectivity index (χ0v) is 18.3. The minimum Gasteiger partial charge on any atom is -0.484 e. The molecule has 0 unspecified atom stereocenters. The highest BCUT2D eigenvalue weighted by atomic mass is 35.5. The lowest BCUT2D eigenvalue weighted by Gasteiger charge is -2.10. The van der Waals surface area contributed by atoms with E-state index in [1.807, 2.05) is 37.3 Å². The molecule has 10 heteroatoms. The average Bonchev–Trinajstić information content (AvgIpc) is 3.42. The summed E-state index contributed by atoms with van der Waals surface area (Å²) in [5, 5.41) is 13.1. The molecule has 0 atom stereocenters. The van der Waals surface area contributed by atoms with Gasteiger partial charge in [-0.3, -0.25) is 4.79 Å². The fraction of sp³-hybridized carbons (Fsp3) is 0.0870. The number of rotatable bonds is 6. The molecule has 0 saturated carbocycles. The standard InChI is InChI=1S/C23H18ClN7O2/c1-15-11-20(28-21(32)13-33-18-5-3-2-4-6-18)31(29-15)23-19-12-27-30(22(19)25-14-26-23)17-9-7-16(24)8-10-17/h2-12,14H,13H2,1H3,(H,28,32). The van der Waals surface area contributed by atoms with Gasteiger partial charge in [0.2, 0.25) is 0 Å². The SMILES string of the molecule is Cc1cc(NC(=O)COc2ccccc2)n(-c2ncnc3c2cnn3-c2ccc(Cl)cc2)n1. The lowest BCUT2D eigenvalue weighted by molar-refractivity contribution is -0.118. The molecule has 3 heterocycles. The molecule has 0 bridgehead atoms. The lowest BCUT2D eigenvalue weighted by atomic mass is 10.3. The third kappa shape index (κ3) is 4.26. The van der Waals surface area contributed by atoms with Gasteiger partial charge in [-0.2, -0.15) is 14.9 Å². The van der Waals surface area contributed by atoms with Crippen molar-refractivity contribution >= 4 is 34.4 Å². The van der Waals surface area contributed by atoms with Crippen LogP contribution < -0.4 is 10.1 Å². The van der Waals surface area contributed by atoms with Crippen LogP contribution in [0.1, 0.15) is 5.69 Å². The second-order valence-electron chi connectivity index (χ2n) is 7.20. The van der Waals surface area contributed by atoms with E-state index >= 15 is 0 Å². The van der Waals surface area contributed by atoms with Gasteiger partial charge in [-0.05, 0) is 43.3 Å². The summed E-state index contributed by atoms with van der Waals surface area (Å²) in [5.41, 5.74) is 2.12. The summed E-state index contributed by atoms with van der Waals surface area (Å²) in [5.74, 6) is 1.26. The number of amides is 1. The van der Waals surface area contributed by atoms with Gasteiger partial charge in [0, 0.05) is 11.1 Å². The van der Waals surface area contributed by atoms with E-state index in [9.17, 15) is 4.79 Å². The lowest BCUT2D eigenvalue weighted by Crippen LogP contribution is -2.22. The van der Waals surface area contributed by atoms with Crippen molar-refractivity contribution in [3.8, 4) is 17.3 Å². The van der Waals surface area contributed by atoms with Crippen molar-refractivity contribution in [1.82, 2.24) is 29.5 Å². The Hall–Kier alpha value is -4.24. The van der Waals surface area contributed by atoms with E-state index in [1.165, 1.54) is 6.33 Å². The fourth-order valence-electron chi connectivity index (χ4n) is 3.37. The van der Waals surface area contributed by atoms with Crippen LogP contribution in [0.5, 0.6) is 5.75 Å². The molecule has 0 fully saturated rings. The zero-order chi connectivity index (χ0) is 22.8. The van der Waals surface area contributed by atoms with Gasteiger partial charge >= 0.3 is 0 Å². The molecule has 5 aromatic rings. The fourth-order valence-corrected chi connectivity index (χ4v) is 3.49. The van der Waals surface area contributed by atoms with Crippen LogP contribution in [0.3, 0.4) is 0 Å². The molecule has 1 N–H and O–H groups in total. The number of ether oxygens (including phenoxy) is 1. The minimum absolute atomic E-state index is 0.137. The number of anilines is 1. The minimum atomic E-state index is -0.317. The highest BCUT2D eigenvalue weighted by molar-refractivity contribution is 6.30. The molecule has 0 spiro atoms. The Morgan fingerprint density at radius 1 is 1.06 bits per heavy atom. The van der Waals surface area contributed by atoms with Crippen LogP contribution >= 0.6 is 11.6 Å². The normalized spacial score (nSPS) is 11.0. The molecule has 9 nitrogen and oxygen atoms in total. The topological polar surface area (TPSA) is 99.7 Å². The molecule has 0 aliphatic heterocycles. The van der Waals surface area contributed by atoms with Gasteiger partial charge in [0.1, 0.15) is 17.9 Å². The van der Waals surface area contributed by atoms with Crippen LogP contribution in [0.25, 0.3) is 22.5 Å². The molecule has 0 saturated heterocycles. The third-order valence-electron chi connectivity index (χ3n) is 4.83. The zero-order valence-electron chi connectivity index (χ0n) is 17.5. The van der Waals surface area contributed by atoms with Gasteiger partial charge in [0.05, 0.1) is 23.0 Å². The summed E-state index contributed by atoms with van der Waals surface area (Å²) in [6, 6.07) is 18.2. The number of aromatic nitrogens is 6. The van der Waals surface area contributed by atoms with Gasteiger partial charge < -0.3 is 10.1 Å². The summed E-state index contributed by atoms with van der Waals surface area (Å²) >= 11 is 6.00. The largest absolute Gasteiger partial charge is 0.484 e. The molecule has 33 heavy (non-hydrogen) atoms. The van der Waals surface area contributed by atoms with Crippen molar-refractivity contribution in [3.05, 3.63) is 83.9 Å². The number of carbonyl (C=O) groups excluding carboxylic acids is 1. The van der Waals surface area contributed by atoms with Crippen molar-refractivity contribution < 1.29 is 9.53 Å². The molecular formula is C23H18ClN7O2. The van der Waals surface area contributed by atoms with Crippen molar-refractivity contribution in [1.29, 1.82) is 0 Å². The highest BCUT2D eigenvalue weighted by Gasteiger charge is 2.18. The van der Waals surface area contributed by atoms with Crippen molar-refractivity contribution in [2.24, 2.45) is 0 Å². The summed E-state index contributed by atoms with van der Waals surface area (Å²) in [4.78, 5) is 21.3. The Morgan fingerprint density at radius 2 is 1.85 bits per heavy atom. The first-order chi connectivity index (χ1) is 16.1. The van der Waals surface area contributed by atoms with E-state index in [4.69, 9.17) is 16.3 Å². The highest BCUT2D eigenvalue weighted by Crippen LogP contribution is 2.24. The predicted octanol–water partition coefficient (Wildman–Crippen LogP) is 3.98. The van der Waals surface area contributed by atoms with Gasteiger partial charge in [-0.15, -0.1) is 0 Å². The molecule has 0 aliphatic carbocycles. The van der Waals surface area contributed by atoms with Crippen LogP contribution in [-0.4, -0.2) is 42.0 Å². The van der Waals surface area contributed by atoms with Crippen LogP contribution in [0.4, 0.5) is 5.82 Å². The van der Waals surface area contributed by atoms with E-state index in [2.05, 4.69) is 25.5 Å². The van der Waals surface area contributed by atoms with E-state index in [0.29, 0.717) is 39.1 Å². The molecule has 2 aromatic carbocycles. The Kier molecular flexibility index (Phi) is 5.45. The molecule has 5 rings (SSSR count). The number of aryl methyl sites for hydroxylation is 1. The Labute approximate surface area is 193 Å². The second-order valence-corrected chi connectivity index (χ2v) is 7.64. The number of hydrogen-bond acceptors (Lipinski definition) is 6. The second kappa shape index (κ2) is 8.71. The maximum Gasteiger partial charge on any atom is 0.263 e. The van der Waals surface area contributed by atoms with Crippen LogP contribution in [-0.2, 0) is 4.79 Å². The summed E-state index contributed by atoms with van der Waals surface area (Å²) < 4.78 is 8.79. The van der Waals surface area contributed by atoms with E-state index in [1.54, 1.807) is 45.9 Å². The first kappa shape index (κ1) is 20.7. The van der Waals surface area contributed by atoms with Gasteiger partial charge in [0.15, 0.2) is 18.1 Å². The van der Waals surface area contributed by atoms with Crippen molar-refractivity contribution in [2.75, 3.05) is 11.9 Å². The summed E-state index contributed by atoms with van der Waals surface area (Å²) in [6.07, 6.45) is 3.10. The molecule has 3 aromatic heterocycles. The molecule has 164 valence electrons. The van der Waals surface area contributed by atoms with Crippen molar-refractivity contribution in [3.63, 3.8) is 0 Å². The number of carbonyl (C=O) groups is 1. The number of para-hydroxylation sites is 1. The predicted molar refractivity (Wildman–Crippen MR) is 124 cm³/mol. The van der Waals surface area contributed by atoms with Crippen LogP contribution in [0.15, 0.2) is 73.2 Å². The quantitative estimate of drug-likeness (QED) is 0.412. The molecule has 0 aliphatic rings. The number of hydrogen-bond donors (Lipinski definition) is 1. The van der Waals surface area contributed by atoms with Gasteiger partial charge in [-0.25, -0.2) is 14.6 Å². The monoisotopic (exact) mass is 459 g/mol. The molecule has 0 radical (unpaired) electrons. The van der Waals surface area contributed by atoms with Gasteiger partial charge in [-0.1, -0.05) is 29.8 Å². The Balaban J connectivity index is 1.45. The Morgan fingerprint density at radius 3 is 2.64 bits per heavy atom. The van der Waals surface area contributed by atoms with Gasteiger partial charge in [0.25, 0.3) is 5.91 Å². The molecule has 1 amide bonds. The molecular weight excluding hydrogens is 442 g/mol. The van der Waals surface area contributed by atoms with Crippen LogP contribution in [0.2, 0.25) is 5.02 Å². The maximum absolute atomic E-state index is 12.5. The van der Waals surface area contributed by atoms with E-state index < -0.39 is 0 Å². The number of fused-ring (bicyclic) bond motifs is 1. The summed E-state index contributed by atoms with van der Waals surface area (Å²) in [6.45, 7) is 1.70. The van der Waals surface area contributed by atoms with E-state index in [0.717, 1.165) is 5.69 Å².